The number of aliphatic hydroxyl groups excluding tert-OH is 1. The molecule has 0 aromatic heterocycles. The van der Waals surface area contributed by atoms with Crippen LogP contribution in [0.4, 0.5) is 0 Å². The van der Waals surface area contributed by atoms with Gasteiger partial charge in [0.15, 0.2) is 0 Å². The highest BCUT2D eigenvalue weighted by molar-refractivity contribution is 5.10. The van der Waals surface area contributed by atoms with Crippen LogP contribution in [-0.2, 0) is 0 Å². The predicted molar refractivity (Wildman–Crippen MR) is 53.8 cm³/mol. The monoisotopic (exact) mass is 156 g/mol. The third-order valence-corrected chi connectivity index (χ3v) is 0.425. The third kappa shape index (κ3) is 48.7. The number of allylic oxidation sites excluding steroid dienone is 3. The Kier molecular flexibility index (Phi) is 34.6. The van der Waals surface area contributed by atoms with Gasteiger partial charge in [0.1, 0.15) is 5.76 Å². The van der Waals surface area contributed by atoms with E-state index in [1.807, 2.05) is 27.7 Å². The van der Waals surface area contributed by atoms with Crippen molar-refractivity contribution in [2.75, 3.05) is 0 Å². The van der Waals surface area contributed by atoms with E-state index in [9.17, 15) is 0 Å². The summed E-state index contributed by atoms with van der Waals surface area (Å²) in [6.45, 7) is 14.6. The lowest BCUT2D eigenvalue weighted by Crippen LogP contribution is -1.62. The summed E-state index contributed by atoms with van der Waals surface area (Å²) in [5, 5.41) is 8.35. The first-order valence-corrected chi connectivity index (χ1v) is 3.94. The van der Waals surface area contributed by atoms with Gasteiger partial charge in [0, 0.05) is 0 Å². The van der Waals surface area contributed by atoms with E-state index >= 15 is 0 Å². The summed E-state index contributed by atoms with van der Waals surface area (Å²) >= 11 is 0. The summed E-state index contributed by atoms with van der Waals surface area (Å²) in [5.74, 6) is 0.0555. The molecule has 1 nitrogen and oxygen atoms in total. The quantitative estimate of drug-likeness (QED) is 0.475. The van der Waals surface area contributed by atoms with E-state index < -0.39 is 0 Å². The van der Waals surface area contributed by atoms with E-state index in [1.165, 1.54) is 6.08 Å². The molecule has 0 heterocycles. The van der Waals surface area contributed by atoms with Gasteiger partial charge in [0.2, 0.25) is 0 Å². The van der Waals surface area contributed by atoms with Crippen molar-refractivity contribution in [3.63, 3.8) is 0 Å². The molecule has 0 aromatic carbocycles. The minimum absolute atomic E-state index is 0.0555. The Labute approximate surface area is 70.8 Å². The van der Waals surface area contributed by atoms with Gasteiger partial charge in [0.25, 0.3) is 0 Å². The Morgan fingerprint density at radius 1 is 1.18 bits per heavy atom. The summed E-state index contributed by atoms with van der Waals surface area (Å²) in [4.78, 5) is 0. The molecule has 0 rings (SSSR count). The zero-order chi connectivity index (χ0) is 9.70. The van der Waals surface area contributed by atoms with Gasteiger partial charge in [-0.1, -0.05) is 53.0 Å². The smallest absolute Gasteiger partial charge is 0.108 e. The Hall–Kier alpha value is -0.980. The molecule has 0 aliphatic rings. The maximum Gasteiger partial charge on any atom is 0.108 e. The van der Waals surface area contributed by atoms with Crippen molar-refractivity contribution in [2.45, 2.75) is 27.7 Å². The van der Waals surface area contributed by atoms with E-state index in [-0.39, 0.29) is 5.76 Å². The van der Waals surface area contributed by atoms with E-state index in [4.69, 9.17) is 5.11 Å². The van der Waals surface area contributed by atoms with Crippen LogP contribution in [0.1, 0.15) is 27.7 Å². The largest absolute Gasteiger partial charge is 0.509 e. The molecule has 0 aliphatic heterocycles. The van der Waals surface area contributed by atoms with E-state index in [2.05, 4.69) is 13.2 Å². The molecule has 0 spiro atoms. The lowest BCUT2D eigenvalue weighted by molar-refractivity contribution is 0.435. The Balaban J connectivity index is -0.000000138. The highest BCUT2D eigenvalue weighted by Crippen LogP contribution is 1.82. The van der Waals surface area contributed by atoms with E-state index in [0.717, 1.165) is 0 Å². The molecule has 0 saturated heterocycles. The molecule has 66 valence electrons. The van der Waals surface area contributed by atoms with Crippen molar-refractivity contribution in [2.24, 2.45) is 0 Å². The van der Waals surface area contributed by atoms with Crippen LogP contribution in [0.2, 0.25) is 0 Å². The van der Waals surface area contributed by atoms with Crippen LogP contribution >= 0.6 is 0 Å². The topological polar surface area (TPSA) is 20.2 Å². The zero-order valence-electron chi connectivity index (χ0n) is 8.09. The molecule has 11 heavy (non-hydrogen) atoms. The van der Waals surface area contributed by atoms with Crippen LogP contribution < -0.4 is 0 Å². The fraction of sp³-hybridized carbons (Fsp3) is 0.400. The van der Waals surface area contributed by atoms with Crippen molar-refractivity contribution in [3.05, 3.63) is 37.1 Å². The normalized spacial score (nSPS) is 6.91. The molecular weight excluding hydrogens is 136 g/mol. The maximum absolute atomic E-state index is 8.35. The average molecular weight is 156 g/mol. The van der Waals surface area contributed by atoms with Gasteiger partial charge < -0.3 is 5.11 Å². The van der Waals surface area contributed by atoms with Crippen molar-refractivity contribution in [1.29, 1.82) is 0 Å². The standard InChI is InChI=1S/C6H8O.2C2H6/c1-3-4-5-6(2)7;2*1-2/h3-5,7H,1-2H2;2*1-2H3/b5-4-;;. The highest BCUT2D eigenvalue weighted by atomic mass is 16.3. The molecule has 0 aliphatic carbocycles. The first-order chi connectivity index (χ1) is 5.27. The fourth-order valence-electron chi connectivity index (χ4n) is 0.179. The minimum Gasteiger partial charge on any atom is -0.509 e. The molecule has 0 fully saturated rings. The van der Waals surface area contributed by atoms with Gasteiger partial charge in [-0.15, -0.1) is 0 Å². The maximum atomic E-state index is 8.35. The van der Waals surface area contributed by atoms with Crippen molar-refractivity contribution in [3.8, 4) is 0 Å². The van der Waals surface area contributed by atoms with Crippen LogP contribution in [0.25, 0.3) is 0 Å². The lowest BCUT2D eigenvalue weighted by Gasteiger charge is -1.77. The highest BCUT2D eigenvalue weighted by Gasteiger charge is 1.68. The van der Waals surface area contributed by atoms with Crippen LogP contribution in [-0.4, -0.2) is 5.11 Å². The van der Waals surface area contributed by atoms with Crippen molar-refractivity contribution in [1.82, 2.24) is 0 Å². The molecule has 1 N–H and O–H groups in total. The average Bonchev–Trinajstić information content (AvgIpc) is 2.08. The Morgan fingerprint density at radius 2 is 1.55 bits per heavy atom. The molecule has 0 atom stereocenters. The first kappa shape index (κ1) is 16.5. The molecule has 0 saturated carbocycles. The molecule has 0 bridgehead atoms. The molecule has 0 amide bonds. The molecule has 0 aromatic rings. The second-order valence-corrected chi connectivity index (χ2v) is 1.09. The van der Waals surface area contributed by atoms with Gasteiger partial charge in [-0.2, -0.15) is 0 Å². The summed E-state index contributed by atoms with van der Waals surface area (Å²) in [6.07, 6.45) is 4.65. The summed E-state index contributed by atoms with van der Waals surface area (Å²) in [7, 11) is 0. The number of rotatable bonds is 2. The van der Waals surface area contributed by atoms with E-state index in [0.29, 0.717) is 0 Å². The molecule has 0 radical (unpaired) electrons. The predicted octanol–water partition coefficient (Wildman–Crippen LogP) is 3.85. The van der Waals surface area contributed by atoms with Crippen LogP contribution in [0.15, 0.2) is 37.1 Å². The summed E-state index contributed by atoms with van der Waals surface area (Å²) in [5.41, 5.74) is 0. The Bertz CT molecular complexity index is 101. The van der Waals surface area contributed by atoms with Crippen molar-refractivity contribution < 1.29 is 5.11 Å². The van der Waals surface area contributed by atoms with E-state index in [1.54, 1.807) is 12.2 Å². The Morgan fingerprint density at radius 3 is 1.64 bits per heavy atom. The fourth-order valence-corrected chi connectivity index (χ4v) is 0.179. The van der Waals surface area contributed by atoms with Gasteiger partial charge in [-0.05, 0) is 6.08 Å². The number of hydrogen-bond donors (Lipinski definition) is 1. The first-order valence-electron chi connectivity index (χ1n) is 3.94. The SMILES string of the molecule is C=C/C=C\C(=C)O.CC.CC. The van der Waals surface area contributed by atoms with Gasteiger partial charge in [-0.3, -0.25) is 0 Å². The second kappa shape index (κ2) is 23.0. The minimum atomic E-state index is 0.0555. The summed E-state index contributed by atoms with van der Waals surface area (Å²) in [6, 6.07) is 0. The van der Waals surface area contributed by atoms with Gasteiger partial charge in [-0.25, -0.2) is 0 Å². The van der Waals surface area contributed by atoms with Crippen LogP contribution in [0.5, 0.6) is 0 Å². The van der Waals surface area contributed by atoms with Crippen LogP contribution in [0, 0.1) is 0 Å². The van der Waals surface area contributed by atoms with Gasteiger partial charge in [0.05, 0.1) is 0 Å². The second-order valence-electron chi connectivity index (χ2n) is 1.09. The zero-order valence-corrected chi connectivity index (χ0v) is 8.09. The summed E-state index contributed by atoms with van der Waals surface area (Å²) < 4.78 is 0. The number of aliphatic hydroxyl groups is 1. The third-order valence-electron chi connectivity index (χ3n) is 0.425. The molecule has 0 unspecified atom stereocenters. The number of hydrogen-bond acceptors (Lipinski definition) is 1. The van der Waals surface area contributed by atoms with Gasteiger partial charge >= 0.3 is 0 Å². The van der Waals surface area contributed by atoms with Crippen LogP contribution in [0.3, 0.4) is 0 Å². The molecular formula is C10H20O. The lowest BCUT2D eigenvalue weighted by atomic mass is 10.4. The van der Waals surface area contributed by atoms with Crippen molar-refractivity contribution >= 4 is 0 Å². The molecule has 1 heteroatoms.